The molecule has 0 aromatic heterocycles. The van der Waals surface area contributed by atoms with E-state index in [1.54, 1.807) is 7.11 Å². The van der Waals surface area contributed by atoms with Crippen LogP contribution in [0.25, 0.3) is 0 Å². The van der Waals surface area contributed by atoms with Crippen molar-refractivity contribution in [3.05, 3.63) is 64.7 Å². The van der Waals surface area contributed by atoms with E-state index < -0.39 is 0 Å². The van der Waals surface area contributed by atoms with Crippen molar-refractivity contribution in [1.29, 1.82) is 0 Å². The van der Waals surface area contributed by atoms with Crippen molar-refractivity contribution < 1.29 is 9.53 Å². The number of fused-ring (bicyclic) bond motifs is 1. The molecule has 2 aromatic carbocycles. The van der Waals surface area contributed by atoms with Crippen molar-refractivity contribution >= 4 is 5.91 Å². The first kappa shape index (κ1) is 15.6. The number of para-hydroxylation sites is 1. The van der Waals surface area contributed by atoms with Gasteiger partial charge < -0.3 is 10.1 Å². The maximum atomic E-state index is 12.6. The van der Waals surface area contributed by atoms with Crippen LogP contribution in [-0.2, 0) is 12.8 Å². The first-order valence-corrected chi connectivity index (χ1v) is 8.24. The lowest BCUT2D eigenvalue weighted by Crippen LogP contribution is -2.27. The highest BCUT2D eigenvalue weighted by molar-refractivity contribution is 5.94. The van der Waals surface area contributed by atoms with Crippen molar-refractivity contribution in [3.63, 3.8) is 0 Å². The molecule has 120 valence electrons. The largest absolute Gasteiger partial charge is 0.496 e. The van der Waals surface area contributed by atoms with Crippen LogP contribution in [0.15, 0.2) is 42.5 Å². The van der Waals surface area contributed by atoms with Crippen molar-refractivity contribution in [2.24, 2.45) is 0 Å². The molecule has 3 heteroatoms. The summed E-state index contributed by atoms with van der Waals surface area (Å²) >= 11 is 0. The number of hydrogen-bond acceptors (Lipinski definition) is 2. The molecule has 3 rings (SSSR count). The fourth-order valence-electron chi connectivity index (χ4n) is 3.26. The van der Waals surface area contributed by atoms with E-state index in [4.69, 9.17) is 4.74 Å². The molecule has 0 radical (unpaired) electrons. The van der Waals surface area contributed by atoms with Gasteiger partial charge in [-0.05, 0) is 61.9 Å². The zero-order chi connectivity index (χ0) is 16.2. The predicted octanol–water partition coefficient (Wildman–Crippen LogP) is 4.07. The number of hydrogen-bond donors (Lipinski definition) is 1. The van der Waals surface area contributed by atoms with E-state index in [1.807, 2.05) is 37.3 Å². The zero-order valence-electron chi connectivity index (χ0n) is 13.8. The number of aryl methyl sites for hydroxylation is 2. The van der Waals surface area contributed by atoms with Crippen molar-refractivity contribution in [1.82, 2.24) is 5.32 Å². The minimum atomic E-state index is -0.102. The molecule has 1 aliphatic carbocycles. The van der Waals surface area contributed by atoms with E-state index in [-0.39, 0.29) is 11.9 Å². The lowest BCUT2D eigenvalue weighted by Gasteiger charge is -2.19. The molecular formula is C20H23NO2. The zero-order valence-corrected chi connectivity index (χ0v) is 13.8. The number of methoxy groups -OCH3 is 1. The molecule has 1 unspecified atom stereocenters. The summed E-state index contributed by atoms with van der Waals surface area (Å²) in [6.45, 7) is 1.98. The molecular weight excluding hydrogens is 286 g/mol. The molecule has 0 heterocycles. The summed E-state index contributed by atoms with van der Waals surface area (Å²) in [5.74, 6) is 0.766. The SMILES string of the molecule is COc1ccccc1C(C)NC(=O)c1ccc2c(c1)CCCC2. The Morgan fingerprint density at radius 2 is 1.83 bits per heavy atom. The predicted molar refractivity (Wildman–Crippen MR) is 92.0 cm³/mol. The minimum Gasteiger partial charge on any atom is -0.496 e. The Bertz CT molecular complexity index is 709. The van der Waals surface area contributed by atoms with E-state index in [0.717, 1.165) is 29.7 Å². The normalized spacial score (nSPS) is 14.7. The van der Waals surface area contributed by atoms with Gasteiger partial charge in [-0.3, -0.25) is 4.79 Å². The van der Waals surface area contributed by atoms with Crippen LogP contribution < -0.4 is 10.1 Å². The molecule has 0 aliphatic heterocycles. The van der Waals surface area contributed by atoms with Crippen LogP contribution in [0, 0.1) is 0 Å². The molecule has 0 bridgehead atoms. The fourth-order valence-corrected chi connectivity index (χ4v) is 3.26. The van der Waals surface area contributed by atoms with Gasteiger partial charge in [0.25, 0.3) is 5.91 Å². The number of rotatable bonds is 4. The Balaban J connectivity index is 1.76. The number of benzene rings is 2. The lowest BCUT2D eigenvalue weighted by atomic mass is 9.90. The van der Waals surface area contributed by atoms with Gasteiger partial charge in [0.1, 0.15) is 5.75 Å². The smallest absolute Gasteiger partial charge is 0.251 e. The molecule has 1 amide bonds. The average Bonchev–Trinajstić information content (AvgIpc) is 2.61. The van der Waals surface area contributed by atoms with Crippen molar-refractivity contribution in [2.45, 2.75) is 38.6 Å². The first-order valence-electron chi connectivity index (χ1n) is 8.24. The minimum absolute atomic E-state index is 0.0308. The number of nitrogens with one attached hydrogen (secondary N) is 1. The highest BCUT2D eigenvalue weighted by Gasteiger charge is 2.16. The topological polar surface area (TPSA) is 38.3 Å². The second-order valence-corrected chi connectivity index (χ2v) is 6.13. The summed E-state index contributed by atoms with van der Waals surface area (Å²) in [6, 6.07) is 13.8. The molecule has 0 saturated heterocycles. The van der Waals surface area contributed by atoms with E-state index in [9.17, 15) is 4.79 Å². The van der Waals surface area contributed by atoms with Crippen LogP contribution in [0.2, 0.25) is 0 Å². The number of ether oxygens (including phenoxy) is 1. The summed E-state index contributed by atoms with van der Waals surface area (Å²) in [7, 11) is 1.65. The Morgan fingerprint density at radius 3 is 2.61 bits per heavy atom. The third kappa shape index (κ3) is 3.39. The van der Waals surface area contributed by atoms with Crippen molar-refractivity contribution in [2.75, 3.05) is 7.11 Å². The standard InChI is InChI=1S/C20H23NO2/c1-14(18-9-5-6-10-19(18)23-2)21-20(22)17-12-11-15-7-3-4-8-16(15)13-17/h5-6,9-14H,3-4,7-8H2,1-2H3,(H,21,22). The van der Waals surface area contributed by atoms with Crippen molar-refractivity contribution in [3.8, 4) is 5.75 Å². The molecule has 0 spiro atoms. The van der Waals surface area contributed by atoms with Crippen LogP contribution in [0.5, 0.6) is 5.75 Å². The molecule has 1 atom stereocenters. The monoisotopic (exact) mass is 309 g/mol. The summed E-state index contributed by atoms with van der Waals surface area (Å²) in [4.78, 5) is 12.6. The van der Waals surface area contributed by atoms with Crippen LogP contribution in [-0.4, -0.2) is 13.0 Å². The summed E-state index contributed by atoms with van der Waals surface area (Å²) in [5.41, 5.74) is 4.45. The Hall–Kier alpha value is -2.29. The Morgan fingerprint density at radius 1 is 1.09 bits per heavy atom. The Kier molecular flexibility index (Phi) is 4.65. The molecule has 0 fully saturated rings. The third-order valence-corrected chi connectivity index (χ3v) is 4.56. The Labute approximate surface area is 137 Å². The van der Waals surface area contributed by atoms with Gasteiger partial charge in [-0.15, -0.1) is 0 Å². The quantitative estimate of drug-likeness (QED) is 0.924. The van der Waals surface area contributed by atoms with Gasteiger partial charge in [-0.2, -0.15) is 0 Å². The van der Waals surface area contributed by atoms with Crippen LogP contribution in [0.3, 0.4) is 0 Å². The van der Waals surface area contributed by atoms with E-state index in [0.29, 0.717) is 0 Å². The lowest BCUT2D eigenvalue weighted by molar-refractivity contribution is 0.0939. The maximum absolute atomic E-state index is 12.6. The van der Waals surface area contributed by atoms with E-state index in [2.05, 4.69) is 17.4 Å². The molecule has 0 saturated carbocycles. The number of amides is 1. The van der Waals surface area contributed by atoms with Crippen LogP contribution in [0.4, 0.5) is 0 Å². The summed E-state index contributed by atoms with van der Waals surface area (Å²) in [5, 5.41) is 3.08. The fraction of sp³-hybridized carbons (Fsp3) is 0.350. The number of carbonyl (C=O) groups excluding carboxylic acids is 1. The highest BCUT2D eigenvalue weighted by atomic mass is 16.5. The van der Waals surface area contributed by atoms with Crippen LogP contribution in [0.1, 0.15) is 52.9 Å². The first-order chi connectivity index (χ1) is 11.2. The third-order valence-electron chi connectivity index (χ3n) is 4.56. The second kappa shape index (κ2) is 6.86. The van der Waals surface area contributed by atoms with Gasteiger partial charge in [-0.1, -0.05) is 24.3 Å². The molecule has 1 N–H and O–H groups in total. The molecule has 2 aromatic rings. The van der Waals surface area contributed by atoms with Gasteiger partial charge in [0.2, 0.25) is 0 Å². The van der Waals surface area contributed by atoms with E-state index >= 15 is 0 Å². The van der Waals surface area contributed by atoms with Crippen LogP contribution >= 0.6 is 0 Å². The van der Waals surface area contributed by atoms with E-state index in [1.165, 1.54) is 24.0 Å². The van der Waals surface area contributed by atoms with Gasteiger partial charge in [0.15, 0.2) is 0 Å². The summed E-state index contributed by atoms with van der Waals surface area (Å²) < 4.78 is 5.38. The van der Waals surface area contributed by atoms with Gasteiger partial charge in [-0.25, -0.2) is 0 Å². The molecule has 1 aliphatic rings. The second-order valence-electron chi connectivity index (χ2n) is 6.13. The van der Waals surface area contributed by atoms with Gasteiger partial charge in [0.05, 0.1) is 13.2 Å². The maximum Gasteiger partial charge on any atom is 0.251 e. The van der Waals surface area contributed by atoms with Gasteiger partial charge in [0, 0.05) is 11.1 Å². The highest BCUT2D eigenvalue weighted by Crippen LogP contribution is 2.25. The average molecular weight is 309 g/mol. The summed E-state index contributed by atoms with van der Waals surface area (Å²) in [6.07, 6.45) is 4.69. The van der Waals surface area contributed by atoms with Gasteiger partial charge >= 0.3 is 0 Å². The number of carbonyl (C=O) groups is 1. The molecule has 23 heavy (non-hydrogen) atoms. The molecule has 3 nitrogen and oxygen atoms in total.